The van der Waals surface area contributed by atoms with Crippen molar-refractivity contribution in [1.82, 2.24) is 5.32 Å². The zero-order chi connectivity index (χ0) is 16.4. The highest BCUT2D eigenvalue weighted by molar-refractivity contribution is 6.42. The van der Waals surface area contributed by atoms with Gasteiger partial charge in [0.1, 0.15) is 23.5 Å². The molecule has 0 radical (unpaired) electrons. The van der Waals surface area contributed by atoms with Crippen LogP contribution in [0.1, 0.15) is 25.7 Å². The molecule has 0 spiro atoms. The van der Waals surface area contributed by atoms with E-state index in [1.54, 1.807) is 18.2 Å². The minimum atomic E-state index is -0.785. The van der Waals surface area contributed by atoms with Crippen molar-refractivity contribution in [3.8, 4) is 5.75 Å². The Hall–Kier alpha value is -0.970. The number of carbonyl (C=O) groups excluding carboxylic acids is 1. The van der Waals surface area contributed by atoms with Crippen molar-refractivity contribution in [3.63, 3.8) is 0 Å². The van der Waals surface area contributed by atoms with Gasteiger partial charge in [0.25, 0.3) is 0 Å². The molecule has 2 aliphatic rings. The predicted octanol–water partition coefficient (Wildman–Crippen LogP) is 3.29. The van der Waals surface area contributed by atoms with E-state index in [0.29, 0.717) is 21.7 Å². The number of aliphatic hydroxyl groups is 1. The average Bonchev–Trinajstić information content (AvgIpc) is 3.17. The average molecular weight is 358 g/mol. The lowest BCUT2D eigenvalue weighted by molar-refractivity contribution is -0.127. The first-order valence-corrected chi connectivity index (χ1v) is 8.82. The number of halogens is 2. The van der Waals surface area contributed by atoms with Gasteiger partial charge in [0.05, 0.1) is 5.02 Å². The lowest BCUT2D eigenvalue weighted by atomic mass is 9.88. The van der Waals surface area contributed by atoms with Gasteiger partial charge in [0.15, 0.2) is 0 Å². The highest BCUT2D eigenvalue weighted by Crippen LogP contribution is 2.48. The molecule has 2 fully saturated rings. The third kappa shape index (κ3) is 3.93. The van der Waals surface area contributed by atoms with Crippen LogP contribution in [0.3, 0.4) is 0 Å². The number of hydrogen-bond acceptors (Lipinski definition) is 3. The number of nitrogens with one attached hydrogen (secondary N) is 1. The molecule has 0 saturated heterocycles. The fourth-order valence-electron chi connectivity index (χ4n) is 3.76. The van der Waals surface area contributed by atoms with Gasteiger partial charge in [-0.25, -0.2) is 0 Å². The minimum absolute atomic E-state index is 0.0526. The van der Waals surface area contributed by atoms with Crippen molar-refractivity contribution < 1.29 is 14.6 Å². The second-order valence-corrected chi connectivity index (χ2v) is 7.33. The van der Waals surface area contributed by atoms with Crippen LogP contribution in [0.2, 0.25) is 10.0 Å². The largest absolute Gasteiger partial charge is 0.489 e. The Morgan fingerprint density at radius 1 is 1.35 bits per heavy atom. The van der Waals surface area contributed by atoms with Gasteiger partial charge in [-0.3, -0.25) is 4.79 Å². The van der Waals surface area contributed by atoms with Crippen LogP contribution < -0.4 is 10.1 Å². The molecule has 1 amide bonds. The van der Waals surface area contributed by atoms with E-state index in [1.807, 2.05) is 0 Å². The summed E-state index contributed by atoms with van der Waals surface area (Å²) in [5.74, 6) is 1.89. The van der Waals surface area contributed by atoms with Crippen molar-refractivity contribution in [2.24, 2.45) is 17.8 Å². The molecule has 0 aromatic heterocycles. The van der Waals surface area contributed by atoms with E-state index in [9.17, 15) is 9.90 Å². The second-order valence-electron chi connectivity index (χ2n) is 6.54. The molecule has 3 rings (SSSR count). The van der Waals surface area contributed by atoms with Gasteiger partial charge in [-0.1, -0.05) is 35.7 Å². The Morgan fingerprint density at radius 2 is 2.17 bits per heavy atom. The van der Waals surface area contributed by atoms with Crippen LogP contribution in [-0.2, 0) is 4.79 Å². The molecule has 4 atom stereocenters. The summed E-state index contributed by atoms with van der Waals surface area (Å²) in [6.07, 6.45) is 3.85. The number of hydrogen-bond donors (Lipinski definition) is 2. The van der Waals surface area contributed by atoms with Crippen molar-refractivity contribution in [2.45, 2.75) is 31.8 Å². The van der Waals surface area contributed by atoms with Crippen molar-refractivity contribution in [2.75, 3.05) is 13.2 Å². The number of fused-ring (bicyclic) bond motifs is 2. The van der Waals surface area contributed by atoms with E-state index < -0.39 is 6.10 Å². The summed E-state index contributed by atoms with van der Waals surface area (Å²) in [5.41, 5.74) is 0. The molecular weight excluding hydrogens is 337 g/mol. The molecule has 126 valence electrons. The zero-order valence-corrected chi connectivity index (χ0v) is 14.3. The lowest BCUT2D eigenvalue weighted by Crippen LogP contribution is -2.40. The number of ether oxygens (including phenoxy) is 1. The highest BCUT2D eigenvalue weighted by Gasteiger charge is 2.42. The van der Waals surface area contributed by atoms with E-state index in [2.05, 4.69) is 5.32 Å². The summed E-state index contributed by atoms with van der Waals surface area (Å²) in [6, 6.07) is 5.09. The quantitative estimate of drug-likeness (QED) is 0.821. The molecule has 4 unspecified atom stereocenters. The molecule has 6 heteroatoms. The summed E-state index contributed by atoms with van der Waals surface area (Å²) in [5, 5.41) is 13.6. The maximum atomic E-state index is 12.2. The fourth-order valence-corrected chi connectivity index (χ4v) is 4.10. The Bertz CT molecular complexity index is 581. The van der Waals surface area contributed by atoms with Crippen LogP contribution in [0.25, 0.3) is 0 Å². The monoisotopic (exact) mass is 357 g/mol. The number of amides is 1. The SMILES string of the molecule is O=C(NCC(O)COc1cccc(Cl)c1Cl)C1CC2CCC1C2. The topological polar surface area (TPSA) is 58.6 Å². The molecular formula is C17H21Cl2NO3. The van der Waals surface area contributed by atoms with Gasteiger partial charge in [-0.05, 0) is 43.2 Å². The summed E-state index contributed by atoms with van der Waals surface area (Å²) >= 11 is 11.9. The molecule has 2 aliphatic carbocycles. The van der Waals surface area contributed by atoms with Gasteiger partial charge in [-0.2, -0.15) is 0 Å². The van der Waals surface area contributed by atoms with Crippen molar-refractivity contribution >= 4 is 29.1 Å². The third-order valence-corrected chi connectivity index (χ3v) is 5.74. The number of rotatable bonds is 6. The third-order valence-electron chi connectivity index (χ3n) is 4.93. The molecule has 2 bridgehead atoms. The van der Waals surface area contributed by atoms with E-state index in [4.69, 9.17) is 27.9 Å². The number of benzene rings is 1. The molecule has 2 N–H and O–H groups in total. The molecule has 4 nitrogen and oxygen atoms in total. The van der Waals surface area contributed by atoms with Crippen molar-refractivity contribution in [1.29, 1.82) is 0 Å². The first-order chi connectivity index (χ1) is 11.0. The van der Waals surface area contributed by atoms with E-state index in [1.165, 1.54) is 19.3 Å². The van der Waals surface area contributed by atoms with Gasteiger partial charge < -0.3 is 15.2 Å². The molecule has 23 heavy (non-hydrogen) atoms. The van der Waals surface area contributed by atoms with E-state index >= 15 is 0 Å². The maximum Gasteiger partial charge on any atom is 0.223 e. The summed E-state index contributed by atoms with van der Waals surface area (Å²) in [6.45, 7) is 0.238. The van der Waals surface area contributed by atoms with Gasteiger partial charge >= 0.3 is 0 Å². The minimum Gasteiger partial charge on any atom is -0.489 e. The van der Waals surface area contributed by atoms with Crippen LogP contribution in [-0.4, -0.2) is 30.3 Å². The second kappa shape index (κ2) is 7.29. The normalized spacial score (nSPS) is 27.0. The molecule has 1 aromatic rings. The van der Waals surface area contributed by atoms with Crippen molar-refractivity contribution in [3.05, 3.63) is 28.2 Å². The Morgan fingerprint density at radius 3 is 2.87 bits per heavy atom. The lowest BCUT2D eigenvalue weighted by Gasteiger charge is -2.21. The van der Waals surface area contributed by atoms with Crippen LogP contribution in [0, 0.1) is 17.8 Å². The summed E-state index contributed by atoms with van der Waals surface area (Å²) in [4.78, 5) is 12.2. The molecule has 1 aromatic carbocycles. The fraction of sp³-hybridized carbons (Fsp3) is 0.588. The number of aliphatic hydroxyl groups excluding tert-OH is 1. The van der Waals surface area contributed by atoms with Crippen LogP contribution in [0.4, 0.5) is 0 Å². The van der Waals surface area contributed by atoms with Crippen LogP contribution in [0.15, 0.2) is 18.2 Å². The standard InChI is InChI=1S/C17H21Cl2NO3/c18-14-2-1-3-15(16(14)19)23-9-12(21)8-20-17(22)13-7-10-4-5-11(13)6-10/h1-3,10-13,21H,4-9H2,(H,20,22). The van der Waals surface area contributed by atoms with E-state index in [0.717, 1.165) is 12.3 Å². The number of carbonyl (C=O) groups is 1. The Balaban J connectivity index is 1.42. The molecule has 0 heterocycles. The highest BCUT2D eigenvalue weighted by atomic mass is 35.5. The smallest absolute Gasteiger partial charge is 0.223 e. The molecule has 0 aliphatic heterocycles. The predicted molar refractivity (Wildman–Crippen MR) is 89.9 cm³/mol. The van der Waals surface area contributed by atoms with Crippen LogP contribution >= 0.6 is 23.2 Å². The maximum absolute atomic E-state index is 12.2. The van der Waals surface area contributed by atoms with Gasteiger partial charge in [0.2, 0.25) is 5.91 Å². The Labute approximate surface area is 146 Å². The summed E-state index contributed by atoms with van der Waals surface area (Å²) in [7, 11) is 0. The van der Waals surface area contributed by atoms with Gasteiger partial charge in [-0.15, -0.1) is 0 Å². The first kappa shape index (κ1) is 16.9. The summed E-state index contributed by atoms with van der Waals surface area (Å²) < 4.78 is 5.47. The Kier molecular flexibility index (Phi) is 5.34. The first-order valence-electron chi connectivity index (χ1n) is 8.07. The molecule has 2 saturated carbocycles. The van der Waals surface area contributed by atoms with Crippen LogP contribution in [0.5, 0.6) is 5.75 Å². The zero-order valence-electron chi connectivity index (χ0n) is 12.8. The van der Waals surface area contributed by atoms with E-state index in [-0.39, 0.29) is 25.0 Å². The van der Waals surface area contributed by atoms with Gasteiger partial charge in [0, 0.05) is 12.5 Å².